The van der Waals surface area contributed by atoms with Crippen LogP contribution in [0.2, 0.25) is 0 Å². The summed E-state index contributed by atoms with van der Waals surface area (Å²) in [5, 5.41) is 8.32. The van der Waals surface area contributed by atoms with Gasteiger partial charge in [-0.1, -0.05) is 18.2 Å². The third kappa shape index (κ3) is 3.35. The van der Waals surface area contributed by atoms with Crippen LogP contribution in [0.3, 0.4) is 0 Å². The van der Waals surface area contributed by atoms with Crippen LogP contribution in [-0.2, 0) is 10.0 Å². The van der Waals surface area contributed by atoms with Crippen LogP contribution in [0.4, 0.5) is 17.6 Å². The lowest BCUT2D eigenvalue weighted by molar-refractivity contribution is 0.598. The molecule has 0 saturated heterocycles. The molecule has 142 valence electrons. The summed E-state index contributed by atoms with van der Waals surface area (Å²) in [5.41, 5.74) is 7.72. The second kappa shape index (κ2) is 6.55. The number of benzene rings is 2. The lowest BCUT2D eigenvalue weighted by Crippen LogP contribution is -2.12. The van der Waals surface area contributed by atoms with E-state index in [2.05, 4.69) is 25.3 Å². The summed E-state index contributed by atoms with van der Waals surface area (Å²) in [6.07, 6.45) is 0. The van der Waals surface area contributed by atoms with Crippen LogP contribution >= 0.6 is 0 Å². The predicted molar refractivity (Wildman–Crippen MR) is 105 cm³/mol. The molecular weight excluding hydrogens is 380 g/mol. The number of sulfonamides is 1. The normalized spacial score (nSPS) is 11.6. The molecule has 5 N–H and O–H groups in total. The molecule has 0 unspecified atom stereocenters. The number of imidazole rings is 1. The van der Waals surface area contributed by atoms with E-state index in [1.165, 1.54) is 12.1 Å². The highest BCUT2D eigenvalue weighted by molar-refractivity contribution is 7.89. The summed E-state index contributed by atoms with van der Waals surface area (Å²) in [6.45, 7) is 1.71. The Morgan fingerprint density at radius 1 is 1.00 bits per heavy atom. The second-order valence-corrected chi connectivity index (χ2v) is 7.56. The van der Waals surface area contributed by atoms with Gasteiger partial charge in [0.2, 0.25) is 27.9 Å². The molecule has 0 radical (unpaired) electrons. The quantitative estimate of drug-likeness (QED) is 0.468. The molecule has 0 saturated carbocycles. The maximum Gasteiger partial charge on any atom is 0.242 e. The molecule has 0 spiro atoms. The van der Waals surface area contributed by atoms with Crippen LogP contribution in [0.5, 0.6) is 0 Å². The van der Waals surface area contributed by atoms with Crippen LogP contribution in [0.25, 0.3) is 17.0 Å². The molecule has 28 heavy (non-hydrogen) atoms. The standard InChI is InChI=1S/C17H16N8O2S/c1-10-20-15(18)24-16(21-10)25-14-8-3-2-7-13(14)23-17(25)22-11-5-4-6-12(9-11)28(19,26)27/h2-9H,1H3,(H,22,23)(H2,19,26,27)(H2,18,20,21,24). The molecule has 2 heterocycles. The fraction of sp³-hybridized carbons (Fsp3) is 0.0588. The third-order valence-corrected chi connectivity index (χ3v) is 4.84. The van der Waals surface area contributed by atoms with E-state index in [0.717, 1.165) is 5.52 Å². The van der Waals surface area contributed by atoms with Crippen LogP contribution in [0.15, 0.2) is 53.4 Å². The van der Waals surface area contributed by atoms with Gasteiger partial charge in [0.15, 0.2) is 0 Å². The number of rotatable bonds is 4. The smallest absolute Gasteiger partial charge is 0.242 e. The Hall–Kier alpha value is -3.57. The van der Waals surface area contributed by atoms with Crippen LogP contribution in [0, 0.1) is 6.92 Å². The summed E-state index contributed by atoms with van der Waals surface area (Å²) in [5.74, 6) is 1.23. The topological polar surface area (TPSA) is 155 Å². The molecule has 4 aromatic rings. The molecule has 0 bridgehead atoms. The number of nitrogen functional groups attached to an aromatic ring is 1. The van der Waals surface area contributed by atoms with Gasteiger partial charge in [-0.2, -0.15) is 15.0 Å². The minimum Gasteiger partial charge on any atom is -0.368 e. The number of nitrogens with zero attached hydrogens (tertiary/aromatic N) is 5. The van der Waals surface area contributed by atoms with E-state index in [0.29, 0.717) is 28.9 Å². The van der Waals surface area contributed by atoms with Crippen molar-refractivity contribution in [2.45, 2.75) is 11.8 Å². The summed E-state index contributed by atoms with van der Waals surface area (Å²) in [4.78, 5) is 17.1. The van der Waals surface area contributed by atoms with E-state index in [1.54, 1.807) is 23.6 Å². The first-order valence-electron chi connectivity index (χ1n) is 8.17. The van der Waals surface area contributed by atoms with Crippen molar-refractivity contribution in [3.05, 3.63) is 54.4 Å². The first-order valence-corrected chi connectivity index (χ1v) is 9.72. The molecule has 11 heteroatoms. The van der Waals surface area contributed by atoms with E-state index in [1.807, 2.05) is 24.3 Å². The van der Waals surface area contributed by atoms with Gasteiger partial charge in [-0.05, 0) is 37.3 Å². The van der Waals surface area contributed by atoms with E-state index in [4.69, 9.17) is 10.9 Å². The van der Waals surface area contributed by atoms with Crippen molar-refractivity contribution >= 4 is 38.6 Å². The Balaban J connectivity index is 1.88. The third-order valence-electron chi connectivity index (χ3n) is 3.93. The van der Waals surface area contributed by atoms with Crippen molar-refractivity contribution < 1.29 is 8.42 Å². The van der Waals surface area contributed by atoms with Gasteiger partial charge in [0.25, 0.3) is 0 Å². The highest BCUT2D eigenvalue weighted by Crippen LogP contribution is 2.26. The van der Waals surface area contributed by atoms with Crippen LogP contribution in [-0.4, -0.2) is 32.9 Å². The fourth-order valence-corrected chi connectivity index (χ4v) is 3.34. The van der Waals surface area contributed by atoms with Gasteiger partial charge in [-0.25, -0.2) is 23.1 Å². The van der Waals surface area contributed by atoms with Crippen molar-refractivity contribution in [1.29, 1.82) is 0 Å². The van der Waals surface area contributed by atoms with Gasteiger partial charge >= 0.3 is 0 Å². The minimum absolute atomic E-state index is 0.0135. The van der Waals surface area contributed by atoms with Crippen molar-refractivity contribution in [1.82, 2.24) is 24.5 Å². The molecule has 0 fully saturated rings. The molecule has 4 rings (SSSR count). The fourth-order valence-electron chi connectivity index (χ4n) is 2.78. The number of anilines is 3. The Labute approximate surface area is 160 Å². The minimum atomic E-state index is -3.83. The predicted octanol–water partition coefficient (Wildman–Crippen LogP) is 1.49. The molecule has 2 aromatic heterocycles. The van der Waals surface area contributed by atoms with Crippen LogP contribution in [0.1, 0.15) is 5.82 Å². The maximum atomic E-state index is 11.6. The first kappa shape index (κ1) is 17.8. The molecule has 0 aliphatic heterocycles. The number of nitrogens with two attached hydrogens (primary N) is 2. The molecular formula is C17H16N8O2S. The largest absolute Gasteiger partial charge is 0.368 e. The van der Waals surface area contributed by atoms with Gasteiger partial charge in [-0.3, -0.25) is 0 Å². The Morgan fingerprint density at radius 2 is 1.79 bits per heavy atom. The first-order chi connectivity index (χ1) is 13.3. The van der Waals surface area contributed by atoms with Gasteiger partial charge in [0.05, 0.1) is 15.9 Å². The molecule has 0 aliphatic rings. The van der Waals surface area contributed by atoms with Crippen LogP contribution < -0.4 is 16.2 Å². The number of hydrogen-bond donors (Lipinski definition) is 3. The number of para-hydroxylation sites is 2. The number of hydrogen-bond acceptors (Lipinski definition) is 8. The monoisotopic (exact) mass is 396 g/mol. The summed E-state index contributed by atoms with van der Waals surface area (Å²) >= 11 is 0. The molecule has 0 aliphatic carbocycles. The number of nitrogens with one attached hydrogen (secondary N) is 1. The van der Waals surface area contributed by atoms with E-state index >= 15 is 0 Å². The van der Waals surface area contributed by atoms with Gasteiger partial charge in [0.1, 0.15) is 5.82 Å². The average Bonchev–Trinajstić information content (AvgIpc) is 2.98. The van der Waals surface area contributed by atoms with Crippen molar-refractivity contribution in [2.75, 3.05) is 11.1 Å². The Kier molecular flexibility index (Phi) is 4.17. The van der Waals surface area contributed by atoms with Gasteiger partial charge in [-0.15, -0.1) is 0 Å². The maximum absolute atomic E-state index is 11.6. The van der Waals surface area contributed by atoms with E-state index < -0.39 is 10.0 Å². The highest BCUT2D eigenvalue weighted by atomic mass is 32.2. The molecule has 10 nitrogen and oxygen atoms in total. The summed E-state index contributed by atoms with van der Waals surface area (Å²) in [6, 6.07) is 13.6. The Morgan fingerprint density at radius 3 is 2.54 bits per heavy atom. The SMILES string of the molecule is Cc1nc(N)nc(-n2c(Nc3cccc(S(N)(=O)=O)c3)nc3ccccc32)n1. The lowest BCUT2D eigenvalue weighted by atomic mass is 10.3. The zero-order valence-corrected chi connectivity index (χ0v) is 15.6. The van der Waals surface area contributed by atoms with Gasteiger partial charge in [0, 0.05) is 5.69 Å². The van der Waals surface area contributed by atoms with Gasteiger partial charge < -0.3 is 11.1 Å². The van der Waals surface area contributed by atoms with Crippen molar-refractivity contribution in [3.8, 4) is 5.95 Å². The summed E-state index contributed by atoms with van der Waals surface area (Å²) < 4.78 is 24.9. The molecule has 2 aromatic carbocycles. The number of aryl methyl sites for hydroxylation is 1. The summed E-state index contributed by atoms with van der Waals surface area (Å²) in [7, 11) is -3.83. The number of aromatic nitrogens is 5. The second-order valence-electron chi connectivity index (χ2n) is 6.00. The van der Waals surface area contributed by atoms with E-state index in [-0.39, 0.29) is 10.8 Å². The number of primary sulfonamides is 1. The zero-order chi connectivity index (χ0) is 19.9. The van der Waals surface area contributed by atoms with Crippen molar-refractivity contribution in [3.63, 3.8) is 0 Å². The van der Waals surface area contributed by atoms with E-state index in [9.17, 15) is 8.42 Å². The average molecular weight is 396 g/mol. The Bertz CT molecular complexity index is 1280. The lowest BCUT2D eigenvalue weighted by Gasteiger charge is -2.11. The molecule has 0 atom stereocenters. The number of fused-ring (bicyclic) bond motifs is 1. The highest BCUT2D eigenvalue weighted by Gasteiger charge is 2.16. The molecule has 0 amide bonds. The zero-order valence-electron chi connectivity index (χ0n) is 14.7. The van der Waals surface area contributed by atoms with Crippen molar-refractivity contribution in [2.24, 2.45) is 5.14 Å².